The SMILES string of the molecule is CC(=O)c1ccc(OCC2(O)CCOCC2)cc1. The number of benzene rings is 1. The second-order valence-electron chi connectivity index (χ2n) is 4.71. The van der Waals surface area contributed by atoms with E-state index in [1.807, 2.05) is 0 Å². The predicted molar refractivity (Wildman–Crippen MR) is 66.9 cm³/mol. The van der Waals surface area contributed by atoms with Gasteiger partial charge in [0.2, 0.25) is 0 Å². The molecule has 98 valence electrons. The van der Waals surface area contributed by atoms with E-state index in [1.165, 1.54) is 6.92 Å². The molecule has 1 aromatic rings. The lowest BCUT2D eigenvalue weighted by Crippen LogP contribution is -2.41. The molecule has 0 radical (unpaired) electrons. The van der Waals surface area contributed by atoms with Crippen molar-refractivity contribution in [2.24, 2.45) is 0 Å². The number of aliphatic hydroxyl groups is 1. The van der Waals surface area contributed by atoms with E-state index in [-0.39, 0.29) is 12.4 Å². The largest absolute Gasteiger partial charge is 0.491 e. The van der Waals surface area contributed by atoms with Crippen LogP contribution in [0.3, 0.4) is 0 Å². The van der Waals surface area contributed by atoms with Gasteiger partial charge in [0.25, 0.3) is 0 Å². The molecule has 0 atom stereocenters. The Morgan fingerprint density at radius 1 is 1.33 bits per heavy atom. The highest BCUT2D eigenvalue weighted by atomic mass is 16.5. The van der Waals surface area contributed by atoms with Crippen molar-refractivity contribution in [1.82, 2.24) is 0 Å². The lowest BCUT2D eigenvalue weighted by atomic mass is 9.96. The first-order valence-corrected chi connectivity index (χ1v) is 6.13. The van der Waals surface area contributed by atoms with Crippen LogP contribution in [0.25, 0.3) is 0 Å². The number of ketones is 1. The maximum atomic E-state index is 11.1. The van der Waals surface area contributed by atoms with Gasteiger partial charge < -0.3 is 14.6 Å². The quantitative estimate of drug-likeness (QED) is 0.828. The Morgan fingerprint density at radius 3 is 2.50 bits per heavy atom. The van der Waals surface area contributed by atoms with Gasteiger partial charge in [-0.15, -0.1) is 0 Å². The summed E-state index contributed by atoms with van der Waals surface area (Å²) < 4.78 is 10.8. The molecule has 18 heavy (non-hydrogen) atoms. The molecular weight excluding hydrogens is 232 g/mol. The van der Waals surface area contributed by atoms with Crippen molar-refractivity contribution in [3.63, 3.8) is 0 Å². The molecule has 1 aromatic carbocycles. The highest BCUT2D eigenvalue weighted by molar-refractivity contribution is 5.94. The van der Waals surface area contributed by atoms with Crippen LogP contribution in [0.5, 0.6) is 5.75 Å². The Bertz CT molecular complexity index is 404. The summed E-state index contributed by atoms with van der Waals surface area (Å²) in [4.78, 5) is 11.1. The Balaban J connectivity index is 1.91. The summed E-state index contributed by atoms with van der Waals surface area (Å²) >= 11 is 0. The van der Waals surface area contributed by atoms with E-state index >= 15 is 0 Å². The van der Waals surface area contributed by atoms with E-state index in [1.54, 1.807) is 24.3 Å². The van der Waals surface area contributed by atoms with Crippen molar-refractivity contribution in [2.45, 2.75) is 25.4 Å². The van der Waals surface area contributed by atoms with Crippen LogP contribution in [0.15, 0.2) is 24.3 Å². The van der Waals surface area contributed by atoms with Gasteiger partial charge in [0, 0.05) is 31.6 Å². The summed E-state index contributed by atoms with van der Waals surface area (Å²) in [5.41, 5.74) is -0.135. The Labute approximate surface area is 107 Å². The van der Waals surface area contributed by atoms with Crippen molar-refractivity contribution in [2.75, 3.05) is 19.8 Å². The smallest absolute Gasteiger partial charge is 0.159 e. The summed E-state index contributed by atoms with van der Waals surface area (Å²) in [6, 6.07) is 6.95. The van der Waals surface area contributed by atoms with Gasteiger partial charge in [0.1, 0.15) is 18.0 Å². The first-order valence-electron chi connectivity index (χ1n) is 6.13. The van der Waals surface area contributed by atoms with E-state index < -0.39 is 5.60 Å². The lowest BCUT2D eigenvalue weighted by molar-refractivity contribution is -0.0855. The van der Waals surface area contributed by atoms with E-state index in [4.69, 9.17) is 9.47 Å². The summed E-state index contributed by atoms with van der Waals surface area (Å²) in [5, 5.41) is 10.2. The molecule has 1 heterocycles. The second kappa shape index (κ2) is 5.50. The molecule has 0 spiro atoms. The fourth-order valence-electron chi connectivity index (χ4n) is 1.90. The monoisotopic (exact) mass is 250 g/mol. The molecule has 0 unspecified atom stereocenters. The maximum absolute atomic E-state index is 11.1. The highest BCUT2D eigenvalue weighted by Crippen LogP contribution is 2.22. The summed E-state index contributed by atoms with van der Waals surface area (Å²) in [6.07, 6.45) is 1.19. The molecule has 0 aliphatic carbocycles. The summed E-state index contributed by atoms with van der Waals surface area (Å²) in [6.45, 7) is 2.93. The van der Waals surface area contributed by atoms with Crippen molar-refractivity contribution in [3.8, 4) is 5.75 Å². The third-order valence-electron chi connectivity index (χ3n) is 3.19. The first kappa shape index (κ1) is 13.1. The molecule has 2 rings (SSSR count). The first-order chi connectivity index (χ1) is 8.59. The molecule has 1 aliphatic heterocycles. The minimum atomic E-state index is -0.794. The van der Waals surface area contributed by atoms with Crippen LogP contribution in [-0.2, 0) is 4.74 Å². The van der Waals surface area contributed by atoms with Gasteiger partial charge in [0.05, 0.1) is 0 Å². The number of carbonyl (C=O) groups is 1. The summed E-state index contributed by atoms with van der Waals surface area (Å²) in [5.74, 6) is 0.699. The predicted octanol–water partition coefficient (Wildman–Crippen LogP) is 1.81. The number of hydrogen-bond acceptors (Lipinski definition) is 4. The molecule has 0 aromatic heterocycles. The number of rotatable bonds is 4. The molecule has 1 aliphatic rings. The average molecular weight is 250 g/mol. The van der Waals surface area contributed by atoms with Crippen molar-refractivity contribution in [1.29, 1.82) is 0 Å². The highest BCUT2D eigenvalue weighted by Gasteiger charge is 2.30. The molecule has 4 heteroatoms. The lowest BCUT2D eigenvalue weighted by Gasteiger charge is -2.31. The van der Waals surface area contributed by atoms with E-state index in [0.717, 1.165) is 0 Å². The topological polar surface area (TPSA) is 55.8 Å². The van der Waals surface area contributed by atoms with Crippen molar-refractivity contribution in [3.05, 3.63) is 29.8 Å². The zero-order chi connectivity index (χ0) is 13.0. The molecule has 1 fully saturated rings. The minimum absolute atomic E-state index is 0.0320. The van der Waals surface area contributed by atoms with Gasteiger partial charge >= 0.3 is 0 Å². The molecule has 0 saturated carbocycles. The molecular formula is C14H18O4. The van der Waals surface area contributed by atoms with Crippen LogP contribution in [0.2, 0.25) is 0 Å². The Hall–Kier alpha value is -1.39. The van der Waals surface area contributed by atoms with Gasteiger partial charge in [-0.2, -0.15) is 0 Å². The van der Waals surface area contributed by atoms with Crippen LogP contribution in [0, 0.1) is 0 Å². The van der Waals surface area contributed by atoms with Crippen LogP contribution < -0.4 is 4.74 Å². The molecule has 1 N–H and O–H groups in total. The second-order valence-corrected chi connectivity index (χ2v) is 4.71. The van der Waals surface area contributed by atoms with Gasteiger partial charge in [-0.05, 0) is 31.2 Å². The van der Waals surface area contributed by atoms with Gasteiger partial charge in [0.15, 0.2) is 5.78 Å². The zero-order valence-electron chi connectivity index (χ0n) is 10.5. The molecule has 0 amide bonds. The number of hydrogen-bond donors (Lipinski definition) is 1. The van der Waals surface area contributed by atoms with Gasteiger partial charge in [-0.25, -0.2) is 0 Å². The maximum Gasteiger partial charge on any atom is 0.159 e. The average Bonchev–Trinajstić information content (AvgIpc) is 2.38. The standard InChI is InChI=1S/C14H18O4/c1-11(15)12-2-4-13(5-3-12)18-10-14(16)6-8-17-9-7-14/h2-5,16H,6-10H2,1H3. The zero-order valence-corrected chi connectivity index (χ0v) is 10.5. The van der Waals surface area contributed by atoms with E-state index in [9.17, 15) is 9.90 Å². The third kappa shape index (κ3) is 3.31. The molecule has 1 saturated heterocycles. The minimum Gasteiger partial charge on any atom is -0.491 e. The number of Topliss-reactive ketones (excluding diaryl/α,β-unsaturated/α-hetero) is 1. The van der Waals surface area contributed by atoms with Gasteiger partial charge in [-0.3, -0.25) is 4.79 Å². The van der Waals surface area contributed by atoms with Crippen molar-refractivity contribution < 1.29 is 19.4 Å². The summed E-state index contributed by atoms with van der Waals surface area (Å²) in [7, 11) is 0. The van der Waals surface area contributed by atoms with Crippen LogP contribution in [0.4, 0.5) is 0 Å². The molecule has 4 nitrogen and oxygen atoms in total. The van der Waals surface area contributed by atoms with Crippen molar-refractivity contribution >= 4 is 5.78 Å². The van der Waals surface area contributed by atoms with E-state index in [2.05, 4.69) is 0 Å². The fourth-order valence-corrected chi connectivity index (χ4v) is 1.90. The van der Waals surface area contributed by atoms with Gasteiger partial charge in [-0.1, -0.05) is 0 Å². The van der Waals surface area contributed by atoms with Crippen LogP contribution in [0.1, 0.15) is 30.1 Å². The van der Waals surface area contributed by atoms with E-state index in [0.29, 0.717) is 37.4 Å². The Kier molecular flexibility index (Phi) is 3.99. The number of carbonyl (C=O) groups excluding carboxylic acids is 1. The third-order valence-corrected chi connectivity index (χ3v) is 3.19. The van der Waals surface area contributed by atoms with Crippen LogP contribution >= 0.6 is 0 Å². The molecule has 0 bridgehead atoms. The number of ether oxygens (including phenoxy) is 2. The fraction of sp³-hybridized carbons (Fsp3) is 0.500. The van der Waals surface area contributed by atoms with Crippen LogP contribution in [-0.4, -0.2) is 36.3 Å². The Morgan fingerprint density at radius 2 is 1.94 bits per heavy atom. The normalized spacial score (nSPS) is 18.3.